The molecule has 0 aliphatic heterocycles. The van der Waals surface area contributed by atoms with Crippen LogP contribution in [0.15, 0.2) is 72.9 Å². The van der Waals surface area contributed by atoms with Crippen LogP contribution in [0.2, 0.25) is 0 Å². The second-order valence-electron chi connectivity index (χ2n) is 4.41. The number of benzene rings is 1. The molecule has 0 fully saturated rings. The summed E-state index contributed by atoms with van der Waals surface area (Å²) in [5, 5.41) is 0. The first kappa shape index (κ1) is 12.3. The van der Waals surface area contributed by atoms with E-state index >= 15 is 0 Å². The number of aromatic nitrogens is 2. The Morgan fingerprint density at radius 2 is 1.45 bits per heavy atom. The van der Waals surface area contributed by atoms with Gasteiger partial charge in [-0.05, 0) is 35.9 Å². The fourth-order valence-electron chi connectivity index (χ4n) is 1.95. The van der Waals surface area contributed by atoms with Crippen molar-refractivity contribution in [1.29, 1.82) is 0 Å². The minimum absolute atomic E-state index is 0.890. The Bertz CT molecular complexity index is 704. The molecular weight excluding hydrogens is 244 g/mol. The zero-order valence-electron chi connectivity index (χ0n) is 11.0. The van der Waals surface area contributed by atoms with Crippen molar-refractivity contribution >= 4 is 12.2 Å². The second kappa shape index (κ2) is 5.93. The molecule has 20 heavy (non-hydrogen) atoms. The Balaban J connectivity index is 1.87. The van der Waals surface area contributed by atoms with Gasteiger partial charge < -0.3 is 0 Å². The van der Waals surface area contributed by atoms with Crippen molar-refractivity contribution in [3.05, 3.63) is 84.2 Å². The van der Waals surface area contributed by atoms with E-state index in [0.717, 1.165) is 22.6 Å². The average Bonchev–Trinajstić information content (AvgIpc) is 2.55. The maximum atomic E-state index is 4.61. The summed E-state index contributed by atoms with van der Waals surface area (Å²) in [6, 6.07) is 22.0. The summed E-state index contributed by atoms with van der Waals surface area (Å²) < 4.78 is 0. The third-order valence-corrected chi connectivity index (χ3v) is 2.94. The Morgan fingerprint density at radius 1 is 0.650 bits per heavy atom. The SMILES string of the molecule is C(=Cc1cccc(-c2ccccn2)n1)c1ccccc1. The molecule has 0 unspecified atom stereocenters. The van der Waals surface area contributed by atoms with Crippen LogP contribution in [0.1, 0.15) is 11.3 Å². The van der Waals surface area contributed by atoms with Crippen molar-refractivity contribution in [2.75, 3.05) is 0 Å². The standard InChI is InChI=1S/C18H14N2/c1-2-7-15(8-3-1)12-13-16-9-6-11-18(20-16)17-10-4-5-14-19-17/h1-14H. The summed E-state index contributed by atoms with van der Waals surface area (Å²) in [5.74, 6) is 0. The minimum Gasteiger partial charge on any atom is -0.255 e. The predicted octanol–water partition coefficient (Wildman–Crippen LogP) is 4.31. The molecule has 0 spiro atoms. The number of rotatable bonds is 3. The van der Waals surface area contributed by atoms with Gasteiger partial charge >= 0.3 is 0 Å². The summed E-state index contributed by atoms with van der Waals surface area (Å²) in [4.78, 5) is 8.93. The quantitative estimate of drug-likeness (QED) is 0.699. The normalized spacial score (nSPS) is 10.8. The lowest BCUT2D eigenvalue weighted by Crippen LogP contribution is -1.88. The highest BCUT2D eigenvalue weighted by Crippen LogP contribution is 2.15. The van der Waals surface area contributed by atoms with Gasteiger partial charge in [0.15, 0.2) is 0 Å². The molecule has 0 saturated heterocycles. The van der Waals surface area contributed by atoms with E-state index in [4.69, 9.17) is 0 Å². The summed E-state index contributed by atoms with van der Waals surface area (Å²) >= 11 is 0. The zero-order chi connectivity index (χ0) is 13.6. The van der Waals surface area contributed by atoms with E-state index < -0.39 is 0 Å². The predicted molar refractivity (Wildman–Crippen MR) is 82.8 cm³/mol. The lowest BCUT2D eigenvalue weighted by molar-refractivity contribution is 1.23. The van der Waals surface area contributed by atoms with Gasteiger partial charge in [0.2, 0.25) is 0 Å². The molecule has 0 radical (unpaired) electrons. The highest BCUT2D eigenvalue weighted by Gasteiger charge is 1.99. The summed E-state index contributed by atoms with van der Waals surface area (Å²) in [6.45, 7) is 0. The summed E-state index contributed by atoms with van der Waals surface area (Å²) in [5.41, 5.74) is 3.87. The lowest BCUT2D eigenvalue weighted by Gasteiger charge is -2.00. The van der Waals surface area contributed by atoms with Gasteiger partial charge in [-0.2, -0.15) is 0 Å². The van der Waals surface area contributed by atoms with E-state index in [1.807, 2.05) is 60.7 Å². The van der Waals surface area contributed by atoms with E-state index in [1.165, 1.54) is 0 Å². The molecule has 0 aliphatic rings. The van der Waals surface area contributed by atoms with E-state index in [0.29, 0.717) is 0 Å². The van der Waals surface area contributed by atoms with Crippen molar-refractivity contribution in [3.8, 4) is 11.4 Å². The van der Waals surface area contributed by atoms with Crippen LogP contribution in [-0.2, 0) is 0 Å². The van der Waals surface area contributed by atoms with Crippen molar-refractivity contribution < 1.29 is 0 Å². The van der Waals surface area contributed by atoms with Crippen LogP contribution in [0.5, 0.6) is 0 Å². The van der Waals surface area contributed by atoms with Gasteiger partial charge in [0.05, 0.1) is 17.1 Å². The monoisotopic (exact) mass is 258 g/mol. The van der Waals surface area contributed by atoms with Gasteiger partial charge in [-0.25, -0.2) is 4.98 Å². The van der Waals surface area contributed by atoms with Crippen molar-refractivity contribution in [2.24, 2.45) is 0 Å². The molecule has 3 rings (SSSR count). The van der Waals surface area contributed by atoms with Gasteiger partial charge in [0, 0.05) is 6.20 Å². The molecule has 3 aromatic rings. The Hall–Kier alpha value is -2.74. The molecule has 0 bridgehead atoms. The fraction of sp³-hybridized carbons (Fsp3) is 0. The highest BCUT2D eigenvalue weighted by molar-refractivity contribution is 5.69. The lowest BCUT2D eigenvalue weighted by atomic mass is 10.2. The largest absolute Gasteiger partial charge is 0.255 e. The van der Waals surface area contributed by atoms with E-state index in [1.54, 1.807) is 6.20 Å². The molecule has 96 valence electrons. The first-order chi connectivity index (χ1) is 9.92. The van der Waals surface area contributed by atoms with Gasteiger partial charge in [0.1, 0.15) is 0 Å². The number of hydrogen-bond acceptors (Lipinski definition) is 2. The maximum Gasteiger partial charge on any atom is 0.0893 e. The van der Waals surface area contributed by atoms with E-state index in [9.17, 15) is 0 Å². The molecule has 0 amide bonds. The molecule has 2 nitrogen and oxygen atoms in total. The molecular formula is C18H14N2. The third kappa shape index (κ3) is 2.98. The Morgan fingerprint density at radius 3 is 2.25 bits per heavy atom. The molecule has 1 aromatic carbocycles. The maximum absolute atomic E-state index is 4.61. The molecule has 2 aromatic heterocycles. The third-order valence-electron chi connectivity index (χ3n) is 2.94. The molecule has 2 heteroatoms. The number of nitrogens with zero attached hydrogens (tertiary/aromatic N) is 2. The van der Waals surface area contributed by atoms with Crippen molar-refractivity contribution in [2.45, 2.75) is 0 Å². The van der Waals surface area contributed by atoms with Crippen LogP contribution >= 0.6 is 0 Å². The fourth-order valence-corrected chi connectivity index (χ4v) is 1.95. The van der Waals surface area contributed by atoms with Crippen molar-refractivity contribution in [1.82, 2.24) is 9.97 Å². The van der Waals surface area contributed by atoms with Gasteiger partial charge in [-0.15, -0.1) is 0 Å². The van der Waals surface area contributed by atoms with Gasteiger partial charge in [0.25, 0.3) is 0 Å². The molecule has 0 aliphatic carbocycles. The highest BCUT2D eigenvalue weighted by atomic mass is 14.8. The number of pyridine rings is 2. The minimum atomic E-state index is 0.890. The zero-order valence-corrected chi connectivity index (χ0v) is 11.0. The average molecular weight is 258 g/mol. The van der Waals surface area contributed by atoms with Crippen LogP contribution in [0.25, 0.3) is 23.5 Å². The molecule has 0 atom stereocenters. The number of hydrogen-bond donors (Lipinski definition) is 0. The van der Waals surface area contributed by atoms with Crippen LogP contribution in [0, 0.1) is 0 Å². The molecule has 0 saturated carbocycles. The first-order valence-corrected chi connectivity index (χ1v) is 6.53. The van der Waals surface area contributed by atoms with Crippen LogP contribution < -0.4 is 0 Å². The second-order valence-corrected chi connectivity index (χ2v) is 4.41. The molecule has 0 N–H and O–H groups in total. The van der Waals surface area contributed by atoms with Gasteiger partial charge in [-0.1, -0.05) is 48.5 Å². The van der Waals surface area contributed by atoms with Gasteiger partial charge in [-0.3, -0.25) is 4.98 Å². The smallest absolute Gasteiger partial charge is 0.0893 e. The summed E-state index contributed by atoms with van der Waals surface area (Å²) in [7, 11) is 0. The van der Waals surface area contributed by atoms with Crippen LogP contribution in [0.3, 0.4) is 0 Å². The molecule has 2 heterocycles. The Kier molecular flexibility index (Phi) is 3.65. The van der Waals surface area contributed by atoms with E-state index in [-0.39, 0.29) is 0 Å². The summed E-state index contributed by atoms with van der Waals surface area (Å²) in [6.07, 6.45) is 5.86. The van der Waals surface area contributed by atoms with Crippen LogP contribution in [-0.4, -0.2) is 9.97 Å². The van der Waals surface area contributed by atoms with Crippen molar-refractivity contribution in [3.63, 3.8) is 0 Å². The van der Waals surface area contributed by atoms with E-state index in [2.05, 4.69) is 28.2 Å². The van der Waals surface area contributed by atoms with Crippen LogP contribution in [0.4, 0.5) is 0 Å². The Labute approximate surface area is 118 Å². The first-order valence-electron chi connectivity index (χ1n) is 6.53. The topological polar surface area (TPSA) is 25.8 Å².